The van der Waals surface area contributed by atoms with E-state index in [1.54, 1.807) is 41.9 Å². The van der Waals surface area contributed by atoms with Gasteiger partial charge in [-0.15, -0.1) is 11.3 Å². The molecule has 0 atom stereocenters. The number of carbonyl (C=O) groups is 1. The van der Waals surface area contributed by atoms with E-state index in [1.165, 1.54) is 0 Å². The molecule has 0 saturated carbocycles. The smallest absolute Gasteiger partial charge is 0.272 e. The molecular formula is C19H15N3O2S. The van der Waals surface area contributed by atoms with Gasteiger partial charge in [-0.2, -0.15) is 0 Å². The van der Waals surface area contributed by atoms with E-state index in [2.05, 4.69) is 10.3 Å². The molecule has 3 aromatic heterocycles. The maximum atomic E-state index is 12.6. The zero-order valence-corrected chi connectivity index (χ0v) is 14.3. The van der Waals surface area contributed by atoms with Crippen molar-refractivity contribution in [2.24, 2.45) is 7.05 Å². The van der Waals surface area contributed by atoms with Gasteiger partial charge in [0.1, 0.15) is 17.2 Å². The number of pyridine rings is 1. The van der Waals surface area contributed by atoms with Crippen LogP contribution in [0.5, 0.6) is 11.5 Å². The minimum absolute atomic E-state index is 0.146. The fraction of sp³-hybridized carbons (Fsp3) is 0.0526. The number of fused-ring (bicyclic) bond motifs is 1. The summed E-state index contributed by atoms with van der Waals surface area (Å²) < 4.78 is 8.77. The molecule has 1 aromatic carbocycles. The third-order valence-corrected chi connectivity index (χ3v) is 4.73. The van der Waals surface area contributed by atoms with Crippen molar-refractivity contribution < 1.29 is 9.53 Å². The number of aromatic nitrogens is 2. The highest BCUT2D eigenvalue weighted by atomic mass is 32.1. The summed E-state index contributed by atoms with van der Waals surface area (Å²) in [4.78, 5) is 16.6. The zero-order chi connectivity index (χ0) is 17.2. The van der Waals surface area contributed by atoms with Crippen LogP contribution in [-0.4, -0.2) is 15.5 Å². The monoisotopic (exact) mass is 349 g/mol. The summed E-state index contributed by atoms with van der Waals surface area (Å²) in [6.45, 7) is 0. The number of carbonyl (C=O) groups excluding carboxylic acids is 1. The molecule has 0 aliphatic rings. The van der Waals surface area contributed by atoms with Gasteiger partial charge in [-0.25, -0.2) is 0 Å². The molecular weight excluding hydrogens is 334 g/mol. The first-order chi connectivity index (χ1) is 12.2. The number of hydrogen-bond donors (Lipinski definition) is 1. The molecule has 124 valence electrons. The number of nitrogens with one attached hydrogen (secondary N) is 1. The first kappa shape index (κ1) is 15.4. The van der Waals surface area contributed by atoms with E-state index >= 15 is 0 Å². The van der Waals surface area contributed by atoms with Crippen molar-refractivity contribution in [2.75, 3.05) is 5.32 Å². The van der Waals surface area contributed by atoms with Crippen LogP contribution in [0, 0.1) is 0 Å². The lowest BCUT2D eigenvalue weighted by Gasteiger charge is -2.09. The third kappa shape index (κ3) is 3.12. The molecule has 25 heavy (non-hydrogen) atoms. The Morgan fingerprint density at radius 1 is 1.12 bits per heavy atom. The first-order valence-corrected chi connectivity index (χ1v) is 8.61. The molecule has 1 N–H and O–H groups in total. The number of anilines is 1. The minimum Gasteiger partial charge on any atom is -0.457 e. The second-order valence-corrected chi connectivity index (χ2v) is 6.47. The Bertz CT molecular complexity index is 1040. The highest BCUT2D eigenvalue weighted by Crippen LogP contribution is 2.26. The molecule has 0 saturated heterocycles. The van der Waals surface area contributed by atoms with Crippen LogP contribution in [0.3, 0.4) is 0 Å². The summed E-state index contributed by atoms with van der Waals surface area (Å²) in [7, 11) is 1.90. The molecule has 6 heteroatoms. The van der Waals surface area contributed by atoms with Crippen molar-refractivity contribution in [2.45, 2.75) is 0 Å². The number of ether oxygens (including phenoxy) is 1. The van der Waals surface area contributed by atoms with E-state index in [9.17, 15) is 4.79 Å². The number of aryl methyl sites for hydroxylation is 1. The molecule has 0 unspecified atom stereocenters. The standard InChI is InChI=1S/C19H15N3O2S/c1-22-16-7-10-25-18(16)12-17(22)19(23)21-13-3-2-4-15(11-13)24-14-5-8-20-9-6-14/h2-12H,1H3,(H,21,23). The van der Waals surface area contributed by atoms with Crippen molar-refractivity contribution in [3.05, 3.63) is 72.0 Å². The molecule has 0 spiro atoms. The van der Waals surface area contributed by atoms with Gasteiger partial charge in [-0.3, -0.25) is 9.78 Å². The lowest BCUT2D eigenvalue weighted by atomic mass is 10.3. The molecule has 3 heterocycles. The lowest BCUT2D eigenvalue weighted by Crippen LogP contribution is -2.15. The van der Waals surface area contributed by atoms with Gasteiger partial charge in [0.25, 0.3) is 5.91 Å². The van der Waals surface area contributed by atoms with Crippen molar-refractivity contribution in [1.29, 1.82) is 0 Å². The van der Waals surface area contributed by atoms with Gasteiger partial charge in [0.05, 0.1) is 10.2 Å². The van der Waals surface area contributed by atoms with E-state index in [4.69, 9.17) is 4.74 Å². The molecule has 4 aromatic rings. The molecule has 0 bridgehead atoms. The number of hydrogen-bond acceptors (Lipinski definition) is 4. The minimum atomic E-state index is -0.146. The van der Waals surface area contributed by atoms with Gasteiger partial charge >= 0.3 is 0 Å². The maximum Gasteiger partial charge on any atom is 0.272 e. The predicted octanol–water partition coefficient (Wildman–Crippen LogP) is 4.68. The van der Waals surface area contributed by atoms with Crippen LogP contribution in [0.4, 0.5) is 5.69 Å². The van der Waals surface area contributed by atoms with Gasteiger partial charge in [0, 0.05) is 31.2 Å². The Balaban J connectivity index is 1.54. The van der Waals surface area contributed by atoms with Gasteiger partial charge in [-0.05, 0) is 41.8 Å². The largest absolute Gasteiger partial charge is 0.457 e. The summed E-state index contributed by atoms with van der Waals surface area (Å²) in [5.41, 5.74) is 2.37. The van der Waals surface area contributed by atoms with E-state index in [0.29, 0.717) is 22.9 Å². The van der Waals surface area contributed by atoms with E-state index in [0.717, 1.165) is 10.2 Å². The maximum absolute atomic E-state index is 12.6. The molecule has 1 amide bonds. The normalized spacial score (nSPS) is 10.8. The van der Waals surface area contributed by atoms with Gasteiger partial charge in [0.2, 0.25) is 0 Å². The number of thiophene rings is 1. The first-order valence-electron chi connectivity index (χ1n) is 7.73. The van der Waals surface area contributed by atoms with Crippen LogP contribution in [0.25, 0.3) is 10.2 Å². The van der Waals surface area contributed by atoms with Crippen LogP contribution in [0.2, 0.25) is 0 Å². The number of amides is 1. The molecule has 0 fully saturated rings. The van der Waals surface area contributed by atoms with Crippen LogP contribution in [-0.2, 0) is 7.05 Å². The summed E-state index contributed by atoms with van der Waals surface area (Å²) >= 11 is 1.62. The van der Waals surface area contributed by atoms with Gasteiger partial charge in [0.15, 0.2) is 0 Å². The Morgan fingerprint density at radius 2 is 1.96 bits per heavy atom. The molecule has 4 rings (SSSR count). The second-order valence-electron chi connectivity index (χ2n) is 5.53. The topological polar surface area (TPSA) is 56.2 Å². The van der Waals surface area contributed by atoms with Crippen LogP contribution in [0.1, 0.15) is 10.5 Å². The number of rotatable bonds is 4. The van der Waals surface area contributed by atoms with Crippen molar-refractivity contribution in [3.8, 4) is 11.5 Å². The molecule has 0 radical (unpaired) electrons. The number of nitrogens with zero attached hydrogens (tertiary/aromatic N) is 2. The Labute approximate surface area is 148 Å². The van der Waals surface area contributed by atoms with Gasteiger partial charge in [-0.1, -0.05) is 6.07 Å². The van der Waals surface area contributed by atoms with E-state index in [-0.39, 0.29) is 5.91 Å². The van der Waals surface area contributed by atoms with Crippen LogP contribution < -0.4 is 10.1 Å². The highest BCUT2D eigenvalue weighted by Gasteiger charge is 2.14. The third-order valence-electron chi connectivity index (χ3n) is 3.87. The highest BCUT2D eigenvalue weighted by molar-refractivity contribution is 7.17. The van der Waals surface area contributed by atoms with Crippen molar-refractivity contribution >= 4 is 33.1 Å². The van der Waals surface area contributed by atoms with Crippen molar-refractivity contribution in [1.82, 2.24) is 9.55 Å². The Morgan fingerprint density at radius 3 is 2.76 bits per heavy atom. The second kappa shape index (κ2) is 6.41. The van der Waals surface area contributed by atoms with Gasteiger partial charge < -0.3 is 14.6 Å². The quantitative estimate of drug-likeness (QED) is 0.582. The van der Waals surface area contributed by atoms with E-state index in [1.807, 2.05) is 47.3 Å². The average molecular weight is 349 g/mol. The summed E-state index contributed by atoms with van der Waals surface area (Å²) in [6.07, 6.45) is 3.34. The summed E-state index contributed by atoms with van der Waals surface area (Å²) in [5, 5.41) is 4.95. The fourth-order valence-electron chi connectivity index (χ4n) is 2.64. The Hall–Kier alpha value is -3.12. The molecule has 0 aliphatic heterocycles. The summed E-state index contributed by atoms with van der Waals surface area (Å²) in [6, 6.07) is 14.8. The number of benzene rings is 1. The van der Waals surface area contributed by atoms with E-state index < -0.39 is 0 Å². The lowest BCUT2D eigenvalue weighted by molar-refractivity contribution is 0.102. The van der Waals surface area contributed by atoms with Crippen molar-refractivity contribution in [3.63, 3.8) is 0 Å². The zero-order valence-electron chi connectivity index (χ0n) is 13.5. The van der Waals surface area contributed by atoms with Crippen LogP contribution in [0.15, 0.2) is 66.3 Å². The summed E-state index contributed by atoms with van der Waals surface area (Å²) in [5.74, 6) is 1.20. The Kier molecular flexibility index (Phi) is 3.95. The molecule has 5 nitrogen and oxygen atoms in total. The fourth-order valence-corrected chi connectivity index (χ4v) is 3.49. The average Bonchev–Trinajstić information content (AvgIpc) is 3.19. The van der Waals surface area contributed by atoms with Crippen LogP contribution >= 0.6 is 11.3 Å². The SMILES string of the molecule is Cn1c(C(=O)Nc2cccc(Oc3ccncc3)c2)cc2sccc21. The molecule has 0 aliphatic carbocycles. The predicted molar refractivity (Wildman–Crippen MR) is 99.5 cm³/mol.